The van der Waals surface area contributed by atoms with Crippen molar-refractivity contribution >= 4 is 46.2 Å². The Bertz CT molecular complexity index is 1410. The second-order valence-electron chi connectivity index (χ2n) is 8.46. The lowest BCUT2D eigenvalue weighted by molar-refractivity contribution is -0.113. The van der Waals surface area contributed by atoms with E-state index in [1.54, 1.807) is 21.6 Å². The van der Waals surface area contributed by atoms with Crippen LogP contribution in [0.3, 0.4) is 0 Å². The number of aromatic nitrogens is 2. The van der Waals surface area contributed by atoms with Crippen LogP contribution in [0.25, 0.3) is 11.0 Å². The van der Waals surface area contributed by atoms with Crippen molar-refractivity contribution in [2.24, 2.45) is 0 Å². The van der Waals surface area contributed by atoms with Gasteiger partial charge in [-0.25, -0.2) is 9.18 Å². The van der Waals surface area contributed by atoms with Crippen molar-refractivity contribution in [3.8, 4) is 0 Å². The topological polar surface area (TPSA) is 106 Å². The molecule has 0 spiro atoms. The van der Waals surface area contributed by atoms with E-state index in [-0.39, 0.29) is 23.6 Å². The van der Waals surface area contributed by atoms with Crippen LogP contribution >= 0.6 is 11.8 Å². The molecular formula is C23H20FN5O4S. The molecule has 3 aliphatic heterocycles. The molecule has 1 saturated heterocycles. The van der Waals surface area contributed by atoms with Gasteiger partial charge in [0.2, 0.25) is 5.91 Å². The number of thioether (sulfide) groups is 1. The average molecular weight is 482 g/mol. The molecule has 2 amide bonds. The summed E-state index contributed by atoms with van der Waals surface area (Å²) in [7, 11) is 0. The molecule has 3 aromatic rings. The van der Waals surface area contributed by atoms with Gasteiger partial charge < -0.3 is 19.9 Å². The highest BCUT2D eigenvalue weighted by Gasteiger charge is 2.34. The number of carbonyl (C=O) groups is 2. The van der Waals surface area contributed by atoms with Gasteiger partial charge in [-0.15, -0.1) is 11.8 Å². The average Bonchev–Trinajstić information content (AvgIpc) is 3.39. The molecule has 1 unspecified atom stereocenters. The van der Waals surface area contributed by atoms with Gasteiger partial charge in [0.05, 0.1) is 41.3 Å². The van der Waals surface area contributed by atoms with E-state index in [1.165, 1.54) is 24.0 Å². The number of amides is 2. The number of rotatable bonds is 5. The Balaban J connectivity index is 1.12. The van der Waals surface area contributed by atoms with Crippen LogP contribution in [0.15, 0.2) is 46.2 Å². The molecule has 0 aliphatic carbocycles. The van der Waals surface area contributed by atoms with E-state index < -0.39 is 11.9 Å². The highest BCUT2D eigenvalue weighted by Crippen LogP contribution is 2.36. The van der Waals surface area contributed by atoms with Crippen molar-refractivity contribution in [2.45, 2.75) is 30.0 Å². The fraction of sp³-hybridized carbons (Fsp3) is 0.304. The van der Waals surface area contributed by atoms with Crippen molar-refractivity contribution < 1.29 is 18.7 Å². The van der Waals surface area contributed by atoms with Crippen LogP contribution in [0.2, 0.25) is 0 Å². The lowest BCUT2D eigenvalue weighted by Crippen LogP contribution is -2.29. The number of benzene rings is 1. The van der Waals surface area contributed by atoms with E-state index in [2.05, 4.69) is 15.6 Å². The number of fused-ring (bicyclic) bond motifs is 1. The van der Waals surface area contributed by atoms with E-state index in [9.17, 15) is 18.8 Å². The van der Waals surface area contributed by atoms with Crippen molar-refractivity contribution in [3.63, 3.8) is 0 Å². The number of hydrogen-bond acceptors (Lipinski definition) is 7. The van der Waals surface area contributed by atoms with Crippen LogP contribution in [0.4, 0.5) is 20.6 Å². The first kappa shape index (κ1) is 21.1. The minimum absolute atomic E-state index is 0.0677. The molecule has 2 aromatic heterocycles. The van der Waals surface area contributed by atoms with Gasteiger partial charge in [-0.1, -0.05) is 0 Å². The standard InChI is InChI=1S/C23H20FN5O4S/c24-14-8-26-15-2-4-20(31)29-10-17(21(14)22(15)29)25-6-5-13-9-28(23(32)33-13)12-1-3-18-16(7-12)27-19(30)11-34-18/h1-4,7-8,13,17,25H,5-6,9-11H2,(H,27,30)/t13-,17?/m0/s1. The second-order valence-corrected chi connectivity index (χ2v) is 9.48. The first-order valence-corrected chi connectivity index (χ1v) is 11.9. The van der Waals surface area contributed by atoms with E-state index in [1.807, 2.05) is 12.1 Å². The van der Waals surface area contributed by atoms with Gasteiger partial charge >= 0.3 is 6.09 Å². The number of ether oxygens (including phenoxy) is 1. The van der Waals surface area contributed by atoms with Crippen LogP contribution < -0.4 is 21.1 Å². The molecule has 9 nitrogen and oxygen atoms in total. The first-order valence-electron chi connectivity index (χ1n) is 10.9. The smallest absolute Gasteiger partial charge is 0.414 e. The normalized spacial score (nSPS) is 21.0. The Morgan fingerprint density at radius 1 is 1.21 bits per heavy atom. The SMILES string of the molecule is O=C1CSc2ccc(N3C[C@H](CCNC4Cn5c(=O)ccc6ncc(F)c4c65)OC3=O)cc2N1. The zero-order chi connectivity index (χ0) is 23.4. The molecule has 174 valence electrons. The van der Waals surface area contributed by atoms with Crippen molar-refractivity contribution in [1.29, 1.82) is 0 Å². The van der Waals surface area contributed by atoms with E-state index in [4.69, 9.17) is 4.74 Å². The Labute approximate surface area is 197 Å². The van der Waals surface area contributed by atoms with Crippen LogP contribution in [0, 0.1) is 5.82 Å². The number of nitrogens with zero attached hydrogens (tertiary/aromatic N) is 3. The maximum absolute atomic E-state index is 14.6. The number of anilines is 2. The quantitative estimate of drug-likeness (QED) is 0.577. The molecule has 11 heteroatoms. The summed E-state index contributed by atoms with van der Waals surface area (Å²) in [5.41, 5.74) is 2.72. The van der Waals surface area contributed by atoms with E-state index in [0.717, 1.165) is 4.90 Å². The lowest BCUT2D eigenvalue weighted by atomic mass is 10.1. The fourth-order valence-corrected chi connectivity index (χ4v) is 5.55. The van der Waals surface area contributed by atoms with Gasteiger partial charge in [0.15, 0.2) is 0 Å². The third kappa shape index (κ3) is 3.51. The monoisotopic (exact) mass is 481 g/mol. The summed E-state index contributed by atoms with van der Waals surface area (Å²) < 4.78 is 21.7. The predicted molar refractivity (Wildman–Crippen MR) is 125 cm³/mol. The maximum atomic E-state index is 14.6. The maximum Gasteiger partial charge on any atom is 0.414 e. The highest BCUT2D eigenvalue weighted by molar-refractivity contribution is 8.00. The minimum atomic E-state index is -0.446. The van der Waals surface area contributed by atoms with Crippen LogP contribution in [0.5, 0.6) is 0 Å². The Kier molecular flexibility index (Phi) is 5.03. The van der Waals surface area contributed by atoms with Crippen molar-refractivity contribution in [3.05, 3.63) is 58.3 Å². The zero-order valence-corrected chi connectivity index (χ0v) is 18.7. The number of cyclic esters (lactones) is 1. The molecule has 6 rings (SSSR count). The summed E-state index contributed by atoms with van der Waals surface area (Å²) in [4.78, 5) is 43.0. The van der Waals surface area contributed by atoms with Gasteiger partial charge in [0.25, 0.3) is 5.56 Å². The molecule has 0 saturated carbocycles. The van der Waals surface area contributed by atoms with Crippen molar-refractivity contribution in [2.75, 3.05) is 29.1 Å². The Hall–Kier alpha value is -3.44. The second kappa shape index (κ2) is 8.10. The molecule has 1 aromatic carbocycles. The van der Waals surface area contributed by atoms with Gasteiger partial charge in [0.1, 0.15) is 11.9 Å². The molecule has 2 N–H and O–H groups in total. The summed E-state index contributed by atoms with van der Waals surface area (Å²) in [6.45, 7) is 1.17. The summed E-state index contributed by atoms with van der Waals surface area (Å²) in [6.07, 6.45) is 0.926. The molecule has 0 bridgehead atoms. The molecule has 34 heavy (non-hydrogen) atoms. The lowest BCUT2D eigenvalue weighted by Gasteiger charge is -2.20. The summed E-state index contributed by atoms with van der Waals surface area (Å²) in [5, 5.41) is 6.14. The summed E-state index contributed by atoms with van der Waals surface area (Å²) in [6, 6.07) is 8.20. The number of nitrogens with one attached hydrogen (secondary N) is 2. The molecule has 2 atom stereocenters. The number of halogens is 1. The Morgan fingerprint density at radius 3 is 2.97 bits per heavy atom. The van der Waals surface area contributed by atoms with Gasteiger partial charge in [-0.3, -0.25) is 19.5 Å². The predicted octanol–water partition coefficient (Wildman–Crippen LogP) is 2.64. The number of carbonyl (C=O) groups excluding carboxylic acids is 2. The van der Waals surface area contributed by atoms with E-state index in [0.29, 0.717) is 59.8 Å². The zero-order valence-electron chi connectivity index (χ0n) is 17.9. The number of hydrogen-bond donors (Lipinski definition) is 2. The molecule has 3 aliphatic rings. The van der Waals surface area contributed by atoms with Crippen LogP contribution in [-0.4, -0.2) is 46.5 Å². The van der Waals surface area contributed by atoms with Crippen LogP contribution in [0.1, 0.15) is 18.0 Å². The molecule has 1 fully saturated rings. The molecule has 5 heterocycles. The largest absolute Gasteiger partial charge is 0.444 e. The highest BCUT2D eigenvalue weighted by atomic mass is 32.2. The van der Waals surface area contributed by atoms with E-state index >= 15 is 0 Å². The first-order chi connectivity index (χ1) is 16.5. The summed E-state index contributed by atoms with van der Waals surface area (Å²) in [5.74, 6) is -0.136. The van der Waals surface area contributed by atoms with Gasteiger partial charge in [0, 0.05) is 28.8 Å². The van der Waals surface area contributed by atoms with Gasteiger partial charge in [-0.2, -0.15) is 0 Å². The fourth-order valence-electron chi connectivity index (χ4n) is 4.76. The molecule has 0 radical (unpaired) electrons. The third-order valence-electron chi connectivity index (χ3n) is 6.34. The Morgan fingerprint density at radius 2 is 2.09 bits per heavy atom. The van der Waals surface area contributed by atoms with Gasteiger partial charge in [-0.05, 0) is 37.2 Å². The third-order valence-corrected chi connectivity index (χ3v) is 7.42. The summed E-state index contributed by atoms with van der Waals surface area (Å²) >= 11 is 1.46. The minimum Gasteiger partial charge on any atom is -0.444 e. The molecular weight excluding hydrogens is 461 g/mol. The van der Waals surface area contributed by atoms with Crippen LogP contribution in [-0.2, 0) is 16.1 Å². The number of pyridine rings is 2. The van der Waals surface area contributed by atoms with Crippen molar-refractivity contribution in [1.82, 2.24) is 14.9 Å².